The second-order valence-corrected chi connectivity index (χ2v) is 5.36. The van der Waals surface area contributed by atoms with Crippen LogP contribution < -0.4 is 11.3 Å². The number of nitrogens with two attached hydrogens (primary N) is 1. The molecule has 2 aromatic rings. The SMILES string of the molecule is NNC(=O)c1cc(C2CC2)nc2onc(C3CC3)c12. The lowest BCUT2D eigenvalue weighted by Gasteiger charge is -2.04. The molecule has 6 nitrogen and oxygen atoms in total. The monoisotopic (exact) mass is 258 g/mol. The van der Waals surface area contributed by atoms with E-state index >= 15 is 0 Å². The molecule has 0 unspecified atom stereocenters. The minimum absolute atomic E-state index is 0.306. The van der Waals surface area contributed by atoms with Gasteiger partial charge in [-0.25, -0.2) is 10.8 Å². The number of nitrogen functional groups attached to an aromatic ring is 1. The third-order valence-electron chi connectivity index (χ3n) is 3.83. The van der Waals surface area contributed by atoms with E-state index in [2.05, 4.69) is 15.6 Å². The van der Waals surface area contributed by atoms with Crippen LogP contribution in [0.3, 0.4) is 0 Å². The van der Waals surface area contributed by atoms with Crippen molar-refractivity contribution in [3.05, 3.63) is 23.0 Å². The molecule has 0 aromatic carbocycles. The van der Waals surface area contributed by atoms with Gasteiger partial charge in [-0.1, -0.05) is 5.16 Å². The number of hydrogen-bond acceptors (Lipinski definition) is 5. The Hall–Kier alpha value is -1.95. The van der Waals surface area contributed by atoms with Crippen molar-refractivity contribution in [2.24, 2.45) is 5.84 Å². The number of pyridine rings is 1. The van der Waals surface area contributed by atoms with E-state index in [1.165, 1.54) is 0 Å². The number of nitrogens with one attached hydrogen (secondary N) is 1. The summed E-state index contributed by atoms with van der Waals surface area (Å²) in [7, 11) is 0. The molecular formula is C13H14N4O2. The number of hydrazine groups is 1. The number of carbonyl (C=O) groups excluding carboxylic acids is 1. The maximum atomic E-state index is 12.0. The number of aromatic nitrogens is 2. The molecule has 2 fully saturated rings. The van der Waals surface area contributed by atoms with E-state index < -0.39 is 0 Å². The molecule has 1 amide bonds. The summed E-state index contributed by atoms with van der Waals surface area (Å²) in [6.07, 6.45) is 4.42. The van der Waals surface area contributed by atoms with Crippen molar-refractivity contribution in [1.29, 1.82) is 0 Å². The average molecular weight is 258 g/mol. The van der Waals surface area contributed by atoms with E-state index in [1.807, 2.05) is 6.07 Å². The highest BCUT2D eigenvalue weighted by atomic mass is 16.5. The molecule has 0 spiro atoms. The zero-order valence-electron chi connectivity index (χ0n) is 10.3. The minimum atomic E-state index is -0.306. The van der Waals surface area contributed by atoms with Crippen LogP contribution in [0.4, 0.5) is 0 Å². The first kappa shape index (κ1) is 10.9. The molecule has 98 valence electrons. The van der Waals surface area contributed by atoms with Gasteiger partial charge in [0, 0.05) is 17.5 Å². The number of rotatable bonds is 3. The van der Waals surface area contributed by atoms with Crippen LogP contribution in [0.1, 0.15) is 59.3 Å². The fourth-order valence-electron chi connectivity index (χ4n) is 2.47. The molecule has 2 aliphatic rings. The summed E-state index contributed by atoms with van der Waals surface area (Å²) >= 11 is 0. The van der Waals surface area contributed by atoms with E-state index in [9.17, 15) is 4.79 Å². The predicted octanol–water partition coefficient (Wildman–Crippen LogP) is 1.58. The molecule has 19 heavy (non-hydrogen) atoms. The molecule has 3 N–H and O–H groups in total. The highest BCUT2D eigenvalue weighted by molar-refractivity contribution is 6.06. The van der Waals surface area contributed by atoms with E-state index in [1.54, 1.807) is 0 Å². The van der Waals surface area contributed by atoms with Gasteiger partial charge in [0.15, 0.2) is 0 Å². The highest BCUT2D eigenvalue weighted by Gasteiger charge is 2.33. The van der Waals surface area contributed by atoms with Gasteiger partial charge in [-0.15, -0.1) is 0 Å². The summed E-state index contributed by atoms with van der Waals surface area (Å²) in [6.45, 7) is 0. The molecule has 0 atom stereocenters. The van der Waals surface area contributed by atoms with Gasteiger partial charge < -0.3 is 4.52 Å². The normalized spacial score (nSPS) is 18.8. The molecule has 0 bridgehead atoms. The van der Waals surface area contributed by atoms with Crippen LogP contribution in [0.25, 0.3) is 11.1 Å². The van der Waals surface area contributed by atoms with Crippen molar-refractivity contribution in [1.82, 2.24) is 15.6 Å². The molecule has 2 heterocycles. The Morgan fingerprint density at radius 1 is 1.32 bits per heavy atom. The second kappa shape index (κ2) is 3.77. The van der Waals surface area contributed by atoms with Crippen LogP contribution in [0.5, 0.6) is 0 Å². The lowest BCUT2D eigenvalue weighted by Crippen LogP contribution is -2.30. The van der Waals surface area contributed by atoms with Gasteiger partial charge in [0.2, 0.25) is 0 Å². The summed E-state index contributed by atoms with van der Waals surface area (Å²) in [4.78, 5) is 16.5. The Balaban J connectivity index is 1.95. The molecule has 2 saturated carbocycles. The number of hydrogen-bond donors (Lipinski definition) is 2. The molecule has 6 heteroatoms. The summed E-state index contributed by atoms with van der Waals surface area (Å²) in [6, 6.07) is 1.84. The van der Waals surface area contributed by atoms with Crippen LogP contribution in [0.2, 0.25) is 0 Å². The summed E-state index contributed by atoms with van der Waals surface area (Å²) < 4.78 is 5.32. The maximum Gasteiger partial charge on any atom is 0.266 e. The van der Waals surface area contributed by atoms with Gasteiger partial charge in [0.1, 0.15) is 0 Å². The highest BCUT2D eigenvalue weighted by Crippen LogP contribution is 2.45. The van der Waals surface area contributed by atoms with E-state index in [0.717, 1.165) is 42.5 Å². The first-order valence-electron chi connectivity index (χ1n) is 6.59. The van der Waals surface area contributed by atoms with Crippen LogP contribution >= 0.6 is 0 Å². The first-order chi connectivity index (χ1) is 9.28. The maximum absolute atomic E-state index is 12.0. The van der Waals surface area contributed by atoms with Crippen molar-refractivity contribution in [3.8, 4) is 0 Å². The summed E-state index contributed by atoms with van der Waals surface area (Å²) in [5.41, 5.74) is 4.96. The standard InChI is InChI=1S/C13H14N4O2/c14-16-12(18)8-5-9(6-1-2-6)15-13-10(8)11(17-19-13)7-3-4-7/h5-7H,1-4,14H2,(H,16,18). The molecule has 0 radical (unpaired) electrons. The number of fused-ring (bicyclic) bond motifs is 1. The Labute approximate surface area is 109 Å². The molecule has 2 aromatic heterocycles. The van der Waals surface area contributed by atoms with Gasteiger partial charge in [0.05, 0.1) is 16.6 Å². The third-order valence-corrected chi connectivity index (χ3v) is 3.83. The fourth-order valence-corrected chi connectivity index (χ4v) is 2.47. The zero-order chi connectivity index (χ0) is 13.0. The Morgan fingerprint density at radius 3 is 2.68 bits per heavy atom. The predicted molar refractivity (Wildman–Crippen MR) is 67.4 cm³/mol. The first-order valence-corrected chi connectivity index (χ1v) is 6.59. The van der Waals surface area contributed by atoms with Crippen molar-refractivity contribution < 1.29 is 9.32 Å². The zero-order valence-corrected chi connectivity index (χ0v) is 10.3. The van der Waals surface area contributed by atoms with Gasteiger partial charge in [0.25, 0.3) is 11.6 Å². The van der Waals surface area contributed by atoms with Gasteiger partial charge >= 0.3 is 0 Å². The van der Waals surface area contributed by atoms with Gasteiger partial charge in [-0.3, -0.25) is 10.2 Å². The summed E-state index contributed by atoms with van der Waals surface area (Å²) in [5, 5.41) is 4.83. The van der Waals surface area contributed by atoms with E-state index in [0.29, 0.717) is 23.1 Å². The van der Waals surface area contributed by atoms with Gasteiger partial charge in [-0.05, 0) is 31.7 Å². The molecule has 4 rings (SSSR count). The van der Waals surface area contributed by atoms with Gasteiger partial charge in [-0.2, -0.15) is 0 Å². The Bertz CT molecular complexity index is 671. The molecular weight excluding hydrogens is 244 g/mol. The minimum Gasteiger partial charge on any atom is -0.335 e. The fraction of sp³-hybridized carbons (Fsp3) is 0.462. The van der Waals surface area contributed by atoms with E-state index in [-0.39, 0.29) is 5.91 Å². The van der Waals surface area contributed by atoms with Crippen LogP contribution in [0.15, 0.2) is 10.6 Å². The summed E-state index contributed by atoms with van der Waals surface area (Å²) in [5.74, 6) is 5.82. The van der Waals surface area contributed by atoms with Crippen molar-refractivity contribution in [2.75, 3.05) is 0 Å². The smallest absolute Gasteiger partial charge is 0.266 e. The number of carbonyl (C=O) groups is 1. The largest absolute Gasteiger partial charge is 0.335 e. The van der Waals surface area contributed by atoms with Crippen LogP contribution in [-0.2, 0) is 0 Å². The van der Waals surface area contributed by atoms with Crippen molar-refractivity contribution >= 4 is 17.0 Å². The molecule has 0 aliphatic heterocycles. The Kier molecular flexibility index (Phi) is 2.17. The number of nitrogens with zero attached hydrogens (tertiary/aromatic N) is 2. The van der Waals surface area contributed by atoms with Crippen LogP contribution in [-0.4, -0.2) is 16.0 Å². The lowest BCUT2D eigenvalue weighted by molar-refractivity contribution is 0.0955. The topological polar surface area (TPSA) is 94.0 Å². The van der Waals surface area contributed by atoms with E-state index in [4.69, 9.17) is 10.4 Å². The average Bonchev–Trinajstić information content (AvgIpc) is 3.33. The molecule has 0 saturated heterocycles. The number of amides is 1. The quantitative estimate of drug-likeness (QED) is 0.495. The lowest BCUT2D eigenvalue weighted by atomic mass is 10.1. The van der Waals surface area contributed by atoms with Crippen molar-refractivity contribution in [2.45, 2.75) is 37.5 Å². The third kappa shape index (κ3) is 1.71. The second-order valence-electron chi connectivity index (χ2n) is 5.36. The van der Waals surface area contributed by atoms with Crippen molar-refractivity contribution in [3.63, 3.8) is 0 Å². The van der Waals surface area contributed by atoms with Crippen LogP contribution in [0, 0.1) is 0 Å². The Morgan fingerprint density at radius 2 is 2.05 bits per heavy atom. The molecule has 2 aliphatic carbocycles.